The molecule has 8 nitrogen and oxygen atoms in total. The van der Waals surface area contributed by atoms with Crippen molar-refractivity contribution in [3.8, 4) is 0 Å². The van der Waals surface area contributed by atoms with Crippen molar-refractivity contribution in [3.05, 3.63) is 104 Å². The molecule has 39 heavy (non-hydrogen) atoms. The summed E-state index contributed by atoms with van der Waals surface area (Å²) in [5.41, 5.74) is 2.45. The van der Waals surface area contributed by atoms with Crippen LogP contribution in [0.3, 0.4) is 0 Å². The molecule has 0 saturated heterocycles. The highest BCUT2D eigenvalue weighted by atomic mass is 32.1. The molecule has 3 rings (SSSR count). The van der Waals surface area contributed by atoms with Gasteiger partial charge < -0.3 is 14.5 Å². The van der Waals surface area contributed by atoms with Gasteiger partial charge in [0.15, 0.2) is 0 Å². The fourth-order valence-corrected chi connectivity index (χ4v) is 4.71. The first-order chi connectivity index (χ1) is 18.8. The highest BCUT2D eigenvalue weighted by Gasteiger charge is 2.22. The minimum absolute atomic E-state index is 0.0381. The molecule has 10 heteroatoms. The molecule has 0 unspecified atom stereocenters. The van der Waals surface area contributed by atoms with Gasteiger partial charge in [-0.3, -0.25) is 19.7 Å². The SMILES string of the molecule is CCOCCCN(CC(=O)N(Cc1ccc(F)cc1)Cc1sccc1C)C(=O)/C=C/c1ccc([N+](=O)[O-])cc1. The fraction of sp³-hybridized carbons (Fsp3) is 0.310. The number of carbonyl (C=O) groups is 2. The quantitative estimate of drug-likeness (QED) is 0.112. The maximum atomic E-state index is 13.6. The molecule has 0 aliphatic heterocycles. The lowest BCUT2D eigenvalue weighted by Crippen LogP contribution is -2.42. The molecule has 0 spiro atoms. The van der Waals surface area contributed by atoms with Gasteiger partial charge in [0.05, 0.1) is 11.5 Å². The number of hydrogen-bond donors (Lipinski definition) is 0. The Labute approximate surface area is 231 Å². The molecule has 206 valence electrons. The van der Waals surface area contributed by atoms with E-state index in [0.29, 0.717) is 38.3 Å². The van der Waals surface area contributed by atoms with Crippen LogP contribution in [0, 0.1) is 22.9 Å². The molecule has 3 aromatic rings. The molecule has 0 aliphatic rings. The van der Waals surface area contributed by atoms with Crippen LogP contribution in [0.25, 0.3) is 6.08 Å². The Morgan fingerprint density at radius 3 is 2.38 bits per heavy atom. The summed E-state index contributed by atoms with van der Waals surface area (Å²) in [4.78, 5) is 41.3. The third-order valence-electron chi connectivity index (χ3n) is 6.02. The van der Waals surface area contributed by atoms with Crippen LogP contribution >= 0.6 is 11.3 Å². The van der Waals surface area contributed by atoms with Crippen molar-refractivity contribution in [2.45, 2.75) is 33.4 Å². The maximum absolute atomic E-state index is 13.6. The largest absolute Gasteiger partial charge is 0.382 e. The molecular formula is C29H32FN3O5S. The number of halogens is 1. The molecule has 0 saturated carbocycles. The van der Waals surface area contributed by atoms with Gasteiger partial charge in [-0.05, 0) is 78.7 Å². The molecule has 0 aliphatic carbocycles. The van der Waals surface area contributed by atoms with Crippen LogP contribution < -0.4 is 0 Å². The van der Waals surface area contributed by atoms with Gasteiger partial charge in [0, 0.05) is 49.4 Å². The second-order valence-corrected chi connectivity index (χ2v) is 9.90. The van der Waals surface area contributed by atoms with Gasteiger partial charge >= 0.3 is 0 Å². The number of ether oxygens (including phenoxy) is 1. The number of nitro benzene ring substituents is 1. The van der Waals surface area contributed by atoms with Crippen LogP contribution in [0.1, 0.15) is 34.9 Å². The predicted molar refractivity (Wildman–Crippen MR) is 150 cm³/mol. The van der Waals surface area contributed by atoms with E-state index in [-0.39, 0.29) is 36.4 Å². The second-order valence-electron chi connectivity index (χ2n) is 8.90. The van der Waals surface area contributed by atoms with Gasteiger partial charge in [-0.25, -0.2) is 4.39 Å². The van der Waals surface area contributed by atoms with Crippen molar-refractivity contribution in [2.24, 2.45) is 0 Å². The molecular weight excluding hydrogens is 521 g/mol. The fourth-order valence-electron chi connectivity index (χ4n) is 3.79. The zero-order chi connectivity index (χ0) is 28.2. The number of amides is 2. The molecule has 2 amide bonds. The van der Waals surface area contributed by atoms with Crippen molar-refractivity contribution in [1.82, 2.24) is 9.80 Å². The molecule has 1 heterocycles. The van der Waals surface area contributed by atoms with Crippen LogP contribution in [0.4, 0.5) is 10.1 Å². The Balaban J connectivity index is 1.77. The highest BCUT2D eigenvalue weighted by Crippen LogP contribution is 2.20. The lowest BCUT2D eigenvalue weighted by atomic mass is 10.2. The van der Waals surface area contributed by atoms with Gasteiger partial charge in [-0.1, -0.05) is 12.1 Å². The Bertz CT molecular complexity index is 1270. The molecule has 0 radical (unpaired) electrons. The van der Waals surface area contributed by atoms with Crippen LogP contribution in [0.5, 0.6) is 0 Å². The van der Waals surface area contributed by atoms with E-state index < -0.39 is 4.92 Å². The molecule has 0 bridgehead atoms. The molecule has 0 atom stereocenters. The minimum Gasteiger partial charge on any atom is -0.382 e. The third kappa shape index (κ3) is 9.42. The number of rotatable bonds is 14. The topological polar surface area (TPSA) is 93.0 Å². The summed E-state index contributed by atoms with van der Waals surface area (Å²) < 4.78 is 18.9. The number of thiophene rings is 1. The first-order valence-corrected chi connectivity index (χ1v) is 13.5. The van der Waals surface area contributed by atoms with E-state index in [9.17, 15) is 24.1 Å². The van der Waals surface area contributed by atoms with E-state index in [1.807, 2.05) is 25.3 Å². The Kier molecular flexibility index (Phi) is 11.3. The summed E-state index contributed by atoms with van der Waals surface area (Å²) in [6.07, 6.45) is 3.49. The van der Waals surface area contributed by atoms with Crippen molar-refractivity contribution in [1.29, 1.82) is 0 Å². The number of benzene rings is 2. The first kappa shape index (κ1) is 29.7. The van der Waals surface area contributed by atoms with Crippen molar-refractivity contribution in [2.75, 3.05) is 26.3 Å². The summed E-state index contributed by atoms with van der Waals surface area (Å²) in [6, 6.07) is 13.9. The molecule has 2 aromatic carbocycles. The lowest BCUT2D eigenvalue weighted by Gasteiger charge is -2.27. The number of hydrogen-bond acceptors (Lipinski definition) is 6. The number of non-ortho nitro benzene ring substituents is 1. The zero-order valence-corrected chi connectivity index (χ0v) is 22.9. The van der Waals surface area contributed by atoms with Crippen LogP contribution in [0.2, 0.25) is 0 Å². The average molecular weight is 554 g/mol. The number of carbonyl (C=O) groups excluding carboxylic acids is 2. The highest BCUT2D eigenvalue weighted by molar-refractivity contribution is 7.10. The zero-order valence-electron chi connectivity index (χ0n) is 22.0. The van der Waals surface area contributed by atoms with Crippen LogP contribution in [0.15, 0.2) is 66.1 Å². The summed E-state index contributed by atoms with van der Waals surface area (Å²) >= 11 is 1.56. The Hall–Kier alpha value is -3.89. The Morgan fingerprint density at radius 2 is 1.77 bits per heavy atom. The van der Waals surface area contributed by atoms with E-state index in [1.54, 1.807) is 46.6 Å². The van der Waals surface area contributed by atoms with E-state index >= 15 is 0 Å². The Morgan fingerprint density at radius 1 is 1.05 bits per heavy atom. The number of nitrogens with zero attached hydrogens (tertiary/aromatic N) is 3. The van der Waals surface area contributed by atoms with Gasteiger partial charge in [-0.2, -0.15) is 0 Å². The average Bonchev–Trinajstić information content (AvgIpc) is 3.33. The smallest absolute Gasteiger partial charge is 0.269 e. The summed E-state index contributed by atoms with van der Waals surface area (Å²) in [5, 5.41) is 12.9. The first-order valence-electron chi connectivity index (χ1n) is 12.6. The van der Waals surface area contributed by atoms with E-state index in [4.69, 9.17) is 4.74 Å². The number of aryl methyl sites for hydroxylation is 1. The predicted octanol–water partition coefficient (Wildman–Crippen LogP) is 5.60. The van der Waals surface area contributed by atoms with E-state index in [1.165, 1.54) is 35.2 Å². The monoisotopic (exact) mass is 553 g/mol. The summed E-state index contributed by atoms with van der Waals surface area (Å²) in [5.74, 6) is -0.940. The van der Waals surface area contributed by atoms with Gasteiger partial charge in [0.1, 0.15) is 12.4 Å². The van der Waals surface area contributed by atoms with Crippen molar-refractivity contribution >= 4 is 34.9 Å². The van der Waals surface area contributed by atoms with E-state index in [2.05, 4.69) is 0 Å². The third-order valence-corrected chi connectivity index (χ3v) is 7.03. The van der Waals surface area contributed by atoms with Crippen molar-refractivity contribution in [3.63, 3.8) is 0 Å². The van der Waals surface area contributed by atoms with Crippen LogP contribution in [-0.2, 0) is 27.4 Å². The van der Waals surface area contributed by atoms with Gasteiger partial charge in [0.25, 0.3) is 5.69 Å². The minimum atomic E-state index is -0.486. The standard InChI is InChI=1S/C29H32FN3O5S/c1-3-38-17-4-16-31(28(34)14-9-23-7-12-26(13-8-23)33(36)37)21-29(35)32(20-27-22(2)15-18-39-27)19-24-5-10-25(30)11-6-24/h5-15,18H,3-4,16-17,19-21H2,1-2H3/b14-9+. The van der Waals surface area contributed by atoms with Gasteiger partial charge in [0.2, 0.25) is 11.8 Å². The summed E-state index contributed by atoms with van der Waals surface area (Å²) in [7, 11) is 0. The maximum Gasteiger partial charge on any atom is 0.269 e. The number of nitro groups is 1. The van der Waals surface area contributed by atoms with Crippen LogP contribution in [-0.4, -0.2) is 52.8 Å². The lowest BCUT2D eigenvalue weighted by molar-refractivity contribution is -0.384. The second kappa shape index (κ2) is 14.9. The summed E-state index contributed by atoms with van der Waals surface area (Å²) in [6.45, 7) is 5.71. The molecule has 0 N–H and O–H groups in total. The van der Waals surface area contributed by atoms with Gasteiger partial charge in [-0.15, -0.1) is 11.3 Å². The molecule has 1 aromatic heterocycles. The van der Waals surface area contributed by atoms with Crippen molar-refractivity contribution < 1.29 is 23.6 Å². The van der Waals surface area contributed by atoms with E-state index in [0.717, 1.165) is 16.0 Å². The molecule has 0 fully saturated rings. The normalized spacial score (nSPS) is 11.1.